The van der Waals surface area contributed by atoms with Gasteiger partial charge in [-0.1, -0.05) is 6.08 Å². The molecule has 3 unspecified atom stereocenters. The van der Waals surface area contributed by atoms with Crippen molar-refractivity contribution in [2.75, 3.05) is 25.6 Å². The van der Waals surface area contributed by atoms with Crippen LogP contribution >= 0.6 is 23.5 Å². The number of rotatable bonds is 14. The average molecular weight is 852 g/mol. The molecule has 5 rings (SSSR count). The Labute approximate surface area is 307 Å². The van der Waals surface area contributed by atoms with E-state index in [2.05, 4.69) is 23.8 Å². The van der Waals surface area contributed by atoms with Gasteiger partial charge in [-0.2, -0.15) is 4.31 Å². The number of nitrogen functional groups attached to an aromatic ring is 1. The van der Waals surface area contributed by atoms with Gasteiger partial charge in [0.1, 0.15) is 48.5 Å². The molecule has 28 nitrogen and oxygen atoms in total. The Morgan fingerprint density at radius 3 is 2.02 bits per heavy atom. The quantitative estimate of drug-likeness (QED) is 0.0794. The van der Waals surface area contributed by atoms with Crippen molar-refractivity contribution in [1.29, 1.82) is 0 Å². The summed E-state index contributed by atoms with van der Waals surface area (Å²) in [5.74, 6) is -2.21. The van der Waals surface area contributed by atoms with E-state index in [1.165, 1.54) is 28.2 Å². The number of carbonyl (C=O) groups excluding carboxylic acids is 2. The molecule has 0 aliphatic carbocycles. The molecule has 14 N–H and O–H groups in total. The second-order valence-electron chi connectivity index (χ2n) is 11.4. The van der Waals surface area contributed by atoms with Gasteiger partial charge in [0.25, 0.3) is 0 Å². The summed E-state index contributed by atoms with van der Waals surface area (Å²) in [5, 5.41) is 58.2. The lowest BCUT2D eigenvalue weighted by Crippen LogP contribution is -2.40. The molecule has 2 aromatic heterocycles. The molecule has 0 spiro atoms. The third-order valence-corrected chi connectivity index (χ3v) is 10.5. The minimum Gasteiger partial charge on any atom is -0.393 e. The summed E-state index contributed by atoms with van der Waals surface area (Å²) in [6, 6.07) is 0. The fourth-order valence-corrected chi connectivity index (χ4v) is 7.38. The molecular formula is C24H36N7O21P3. The first-order valence-electron chi connectivity index (χ1n) is 15.2. The smallest absolute Gasteiger partial charge is 0.393 e. The Morgan fingerprint density at radius 2 is 1.47 bits per heavy atom. The molecule has 1 amide bonds. The van der Waals surface area contributed by atoms with E-state index < -0.39 is 110 Å². The number of nitrogens with two attached hydrogens (primary N) is 2. The number of nitrogens with zero attached hydrogens (tertiary/aromatic N) is 5. The van der Waals surface area contributed by atoms with Gasteiger partial charge in [-0.3, -0.25) is 28.2 Å². The Bertz CT molecular complexity index is 1910. The molecule has 31 heteroatoms. The SMILES string of the molecule is NC(=O)C1=CN([C@@H]2O[C@H](COP(=O)(O)OP(=O)(O)OC[C@H]3O[C@@H](n4cnc5c(N)ncnc54)[C@H](O)[C@@H]3O)[C@@H](O)[C@H]2O)C=CC1.O=C(OP(=O)(O)O)C(O)CO. The number of aliphatic hydroxyl groups is 6. The summed E-state index contributed by atoms with van der Waals surface area (Å²) < 4.78 is 64.2. The van der Waals surface area contributed by atoms with E-state index in [9.17, 15) is 53.5 Å². The Balaban J connectivity index is 0.000000533. The zero-order valence-electron chi connectivity index (χ0n) is 27.6. The van der Waals surface area contributed by atoms with Crippen LogP contribution < -0.4 is 11.5 Å². The van der Waals surface area contributed by atoms with Crippen molar-refractivity contribution in [3.05, 3.63) is 36.7 Å². The molecule has 0 aromatic carbocycles. The fraction of sp³-hybridized carbons (Fsp3) is 0.542. The molecule has 2 fully saturated rings. The van der Waals surface area contributed by atoms with Crippen LogP contribution in [0.2, 0.25) is 0 Å². The van der Waals surface area contributed by atoms with Gasteiger partial charge in [0, 0.05) is 18.0 Å². The number of ether oxygens (including phenoxy) is 2. The van der Waals surface area contributed by atoms with Crippen molar-refractivity contribution in [2.24, 2.45) is 5.73 Å². The lowest BCUT2D eigenvalue weighted by molar-refractivity contribution is -0.147. The highest BCUT2D eigenvalue weighted by Crippen LogP contribution is 2.60. The maximum Gasteiger partial charge on any atom is 0.527 e. The summed E-state index contributed by atoms with van der Waals surface area (Å²) in [7, 11) is -15.6. The van der Waals surface area contributed by atoms with Crippen LogP contribution in [-0.2, 0) is 50.6 Å². The van der Waals surface area contributed by atoms with E-state index >= 15 is 0 Å². The van der Waals surface area contributed by atoms with Gasteiger partial charge in [-0.25, -0.2) is 33.4 Å². The summed E-state index contributed by atoms with van der Waals surface area (Å²) in [5.41, 5.74) is 11.6. The molecule has 2 saturated heterocycles. The number of phosphoric ester groups is 3. The lowest BCUT2D eigenvalue weighted by atomic mass is 10.1. The molecule has 0 radical (unpaired) electrons. The Hall–Kier alpha value is -3.34. The number of primary amides is 1. The third-order valence-electron chi connectivity index (χ3n) is 7.53. The highest BCUT2D eigenvalue weighted by Gasteiger charge is 2.48. The van der Waals surface area contributed by atoms with Crippen LogP contribution in [0.3, 0.4) is 0 Å². The first kappa shape index (κ1) is 44.4. The van der Waals surface area contributed by atoms with E-state index in [1.54, 1.807) is 6.08 Å². The molecule has 0 saturated carbocycles. The van der Waals surface area contributed by atoms with Gasteiger partial charge in [-0.05, 0) is 6.42 Å². The topological polar surface area (TPSA) is 442 Å². The van der Waals surface area contributed by atoms with Crippen LogP contribution in [0.25, 0.3) is 11.2 Å². The van der Waals surface area contributed by atoms with Crippen LogP contribution in [0, 0.1) is 0 Å². The second-order valence-corrected chi connectivity index (χ2v) is 15.6. The van der Waals surface area contributed by atoms with Crippen molar-refractivity contribution in [3.63, 3.8) is 0 Å². The Kier molecular flexibility index (Phi) is 14.4. The predicted octanol–water partition coefficient (Wildman–Crippen LogP) is -4.71. The number of amides is 1. The largest absolute Gasteiger partial charge is 0.527 e. The Morgan fingerprint density at radius 1 is 0.909 bits per heavy atom. The minimum absolute atomic E-state index is 0.0517. The number of aliphatic hydroxyl groups excluding tert-OH is 6. The van der Waals surface area contributed by atoms with E-state index in [0.717, 1.165) is 6.33 Å². The zero-order valence-corrected chi connectivity index (χ0v) is 30.3. The first-order chi connectivity index (χ1) is 25.5. The van der Waals surface area contributed by atoms with Crippen molar-refractivity contribution in [1.82, 2.24) is 24.4 Å². The van der Waals surface area contributed by atoms with E-state index in [0.29, 0.717) is 0 Å². The van der Waals surface area contributed by atoms with Crippen molar-refractivity contribution in [3.8, 4) is 0 Å². The maximum atomic E-state index is 12.4. The fourth-order valence-electron chi connectivity index (χ4n) is 4.93. The number of imidazole rings is 1. The monoisotopic (exact) mass is 851 g/mol. The van der Waals surface area contributed by atoms with E-state index in [1.807, 2.05) is 0 Å². The van der Waals surface area contributed by atoms with Gasteiger partial charge in [-0.15, -0.1) is 0 Å². The normalized spacial score (nSPS) is 29.5. The minimum atomic E-state index is -5.37. The number of fused-ring (bicyclic) bond motifs is 1. The second kappa shape index (κ2) is 17.9. The zero-order chi connectivity index (χ0) is 41.0. The van der Waals surface area contributed by atoms with Gasteiger partial charge < -0.3 is 70.8 Å². The maximum absolute atomic E-state index is 12.4. The highest BCUT2D eigenvalue weighted by atomic mass is 31.3. The van der Waals surface area contributed by atoms with Crippen LogP contribution in [0.4, 0.5) is 5.82 Å². The van der Waals surface area contributed by atoms with Crippen molar-refractivity contribution < 1.29 is 101 Å². The average Bonchev–Trinajstić information content (AvgIpc) is 3.75. The van der Waals surface area contributed by atoms with Crippen LogP contribution in [0.15, 0.2) is 36.7 Å². The number of allylic oxidation sites excluding steroid dienone is 1. The summed E-state index contributed by atoms with van der Waals surface area (Å²) in [6.45, 7) is -2.73. The summed E-state index contributed by atoms with van der Waals surface area (Å²) in [6.07, 6.45) is -6.79. The van der Waals surface area contributed by atoms with Gasteiger partial charge in [0.15, 0.2) is 30.0 Å². The lowest BCUT2D eigenvalue weighted by Gasteiger charge is -2.28. The van der Waals surface area contributed by atoms with Crippen LogP contribution in [-0.4, -0.2) is 155 Å². The van der Waals surface area contributed by atoms with Gasteiger partial charge in [0.05, 0.1) is 26.1 Å². The van der Waals surface area contributed by atoms with E-state index in [-0.39, 0.29) is 29.0 Å². The molecule has 0 bridgehead atoms. The van der Waals surface area contributed by atoms with Gasteiger partial charge >= 0.3 is 29.4 Å². The number of hydrogen-bond acceptors (Lipinski definition) is 22. The molecule has 55 heavy (non-hydrogen) atoms. The van der Waals surface area contributed by atoms with Crippen molar-refractivity contribution in [2.45, 2.75) is 61.6 Å². The molecular weight excluding hydrogens is 815 g/mol. The number of aromatic nitrogens is 4. The summed E-state index contributed by atoms with van der Waals surface area (Å²) >= 11 is 0. The predicted molar refractivity (Wildman–Crippen MR) is 173 cm³/mol. The van der Waals surface area contributed by atoms with Crippen LogP contribution in [0.5, 0.6) is 0 Å². The molecule has 3 aliphatic heterocycles. The van der Waals surface area contributed by atoms with Crippen molar-refractivity contribution >= 4 is 52.3 Å². The van der Waals surface area contributed by atoms with E-state index in [4.69, 9.17) is 50.0 Å². The number of hydrogen-bond donors (Lipinski definition) is 12. The first-order valence-corrected chi connectivity index (χ1v) is 19.7. The highest BCUT2D eigenvalue weighted by molar-refractivity contribution is 7.61. The number of phosphoric acid groups is 3. The number of anilines is 1. The number of carbonyl (C=O) groups is 2. The standard InChI is InChI=1S/C21H29N7O14P2.C3H7O7P/c22-17-12-19(25-7-24-17)28(8-26-12)21-16(32)14(30)11(41-21)6-39-44(36,37)42-43(34,35)38-5-10-13(29)15(31)20(40-10)27-3-1-2-9(4-27)18(23)33;4-1-2(5)3(6)10-11(7,8)9/h1,3-4,7-8,10-11,13-16,20-21,29-32H,2,5-6H2,(H2,23,33)(H,34,35)(H,36,37)(H2,22,24,25);2,4-5H,1H2,(H2,7,8,9)/t10-,11-,13-,14-,15-,16-,20-,21-;/m1./s1. The third kappa shape index (κ3) is 11.4. The van der Waals surface area contributed by atoms with Gasteiger partial charge in [0.2, 0.25) is 5.91 Å². The van der Waals surface area contributed by atoms with Crippen LogP contribution in [0.1, 0.15) is 12.6 Å². The molecule has 308 valence electrons. The molecule has 2 aromatic rings. The summed E-state index contributed by atoms with van der Waals surface area (Å²) in [4.78, 5) is 70.9. The molecule has 3 aliphatic rings. The molecule has 5 heterocycles. The molecule has 11 atom stereocenters.